The van der Waals surface area contributed by atoms with Crippen molar-refractivity contribution < 1.29 is 4.79 Å². The number of fused-ring (bicyclic) bond motifs is 1. The molecule has 1 aliphatic carbocycles. The minimum absolute atomic E-state index is 0.145. The molecule has 0 radical (unpaired) electrons. The predicted molar refractivity (Wildman–Crippen MR) is 121 cm³/mol. The normalized spacial score (nSPS) is 13.3. The first-order valence-corrected chi connectivity index (χ1v) is 12.1. The van der Waals surface area contributed by atoms with Gasteiger partial charge in [-0.1, -0.05) is 35.0 Å². The van der Waals surface area contributed by atoms with Crippen molar-refractivity contribution in [3.05, 3.63) is 44.1 Å². The van der Waals surface area contributed by atoms with Gasteiger partial charge in [0.25, 0.3) is 0 Å². The van der Waals surface area contributed by atoms with E-state index in [1.807, 2.05) is 11.3 Å². The van der Waals surface area contributed by atoms with Crippen LogP contribution in [0.2, 0.25) is 10.0 Å². The Hall–Kier alpha value is -1.54. The van der Waals surface area contributed by atoms with Crippen LogP contribution in [0, 0.1) is 0 Å². The number of benzene rings is 1. The summed E-state index contributed by atoms with van der Waals surface area (Å²) in [7, 11) is 0. The number of thioether (sulfide) groups is 1. The summed E-state index contributed by atoms with van der Waals surface area (Å²) in [5.74, 6) is 0.981. The average molecular weight is 467 g/mol. The zero-order valence-electron chi connectivity index (χ0n) is 15.9. The van der Waals surface area contributed by atoms with E-state index in [4.69, 9.17) is 23.2 Å². The summed E-state index contributed by atoms with van der Waals surface area (Å²) in [5, 5.41) is 15.5. The molecule has 0 fully saturated rings. The summed E-state index contributed by atoms with van der Waals surface area (Å²) in [6, 6.07) is 4.96. The van der Waals surface area contributed by atoms with Crippen LogP contribution in [0.1, 0.15) is 30.2 Å². The molecule has 1 amide bonds. The van der Waals surface area contributed by atoms with Crippen molar-refractivity contribution in [1.29, 1.82) is 0 Å². The van der Waals surface area contributed by atoms with E-state index in [0.717, 1.165) is 30.4 Å². The molecule has 0 bridgehead atoms. The molecule has 4 rings (SSSR count). The smallest absolute Gasteiger partial charge is 0.234 e. The predicted octanol–water partition coefficient (Wildman–Crippen LogP) is 5.94. The highest BCUT2D eigenvalue weighted by Crippen LogP contribution is 2.36. The van der Waals surface area contributed by atoms with E-state index >= 15 is 0 Å². The molecule has 2 aromatic heterocycles. The fraction of sp³-hybridized carbons (Fsp3) is 0.350. The number of aromatic nitrogens is 3. The molecular weight excluding hydrogens is 447 g/mol. The van der Waals surface area contributed by atoms with E-state index in [1.54, 1.807) is 18.2 Å². The highest BCUT2D eigenvalue weighted by Gasteiger charge is 2.22. The number of anilines is 1. The summed E-state index contributed by atoms with van der Waals surface area (Å²) >= 11 is 15.2. The standard InChI is InChI=1S/C20H20Cl2N4OS2/c1-2-26-19(16-10-28-17-6-4-3-5-15(16)17)24-25-20(26)29-11-18(27)23-14-8-12(21)7-13(22)9-14/h7-10H,2-6,11H2,1H3,(H,23,27). The molecular formula is C20H20Cl2N4OS2. The van der Waals surface area contributed by atoms with Crippen molar-refractivity contribution in [1.82, 2.24) is 14.8 Å². The van der Waals surface area contributed by atoms with Gasteiger partial charge in [-0.05, 0) is 56.4 Å². The van der Waals surface area contributed by atoms with Gasteiger partial charge in [0, 0.05) is 38.1 Å². The quantitative estimate of drug-likeness (QED) is 0.456. The highest BCUT2D eigenvalue weighted by atomic mass is 35.5. The number of thiophene rings is 1. The van der Waals surface area contributed by atoms with E-state index < -0.39 is 0 Å². The lowest BCUT2D eigenvalue weighted by Gasteiger charge is -2.13. The lowest BCUT2D eigenvalue weighted by atomic mass is 9.96. The van der Waals surface area contributed by atoms with E-state index in [9.17, 15) is 4.79 Å². The number of carbonyl (C=O) groups is 1. The van der Waals surface area contributed by atoms with E-state index in [2.05, 4.69) is 32.4 Å². The number of halogens is 2. The minimum atomic E-state index is -0.145. The van der Waals surface area contributed by atoms with Crippen molar-refractivity contribution in [2.45, 2.75) is 44.3 Å². The van der Waals surface area contributed by atoms with Gasteiger partial charge in [0.2, 0.25) is 5.91 Å². The second-order valence-electron chi connectivity index (χ2n) is 6.80. The third-order valence-electron chi connectivity index (χ3n) is 4.81. The van der Waals surface area contributed by atoms with Gasteiger partial charge in [0.05, 0.1) is 5.75 Å². The molecule has 0 atom stereocenters. The van der Waals surface area contributed by atoms with Crippen LogP contribution in [-0.2, 0) is 24.2 Å². The third kappa shape index (κ3) is 4.63. The Morgan fingerprint density at radius 2 is 1.97 bits per heavy atom. The maximum atomic E-state index is 12.4. The van der Waals surface area contributed by atoms with Crippen molar-refractivity contribution >= 4 is 57.9 Å². The van der Waals surface area contributed by atoms with Gasteiger partial charge in [0.15, 0.2) is 11.0 Å². The lowest BCUT2D eigenvalue weighted by molar-refractivity contribution is -0.113. The number of rotatable bonds is 6. The number of hydrogen-bond acceptors (Lipinski definition) is 5. The van der Waals surface area contributed by atoms with Crippen LogP contribution in [0.5, 0.6) is 0 Å². The Balaban J connectivity index is 1.47. The van der Waals surface area contributed by atoms with Gasteiger partial charge in [-0.15, -0.1) is 21.5 Å². The van der Waals surface area contributed by atoms with Gasteiger partial charge in [-0.25, -0.2) is 0 Å². The highest BCUT2D eigenvalue weighted by molar-refractivity contribution is 7.99. The fourth-order valence-corrected chi connectivity index (χ4v) is 5.97. The van der Waals surface area contributed by atoms with Gasteiger partial charge in [-0.3, -0.25) is 4.79 Å². The van der Waals surface area contributed by atoms with Crippen LogP contribution in [-0.4, -0.2) is 26.4 Å². The summed E-state index contributed by atoms with van der Waals surface area (Å²) in [4.78, 5) is 13.8. The number of nitrogens with zero attached hydrogens (tertiary/aromatic N) is 3. The van der Waals surface area contributed by atoms with Crippen LogP contribution in [0.4, 0.5) is 5.69 Å². The third-order valence-corrected chi connectivity index (χ3v) is 7.31. The molecule has 3 aromatic rings. The Bertz CT molecular complexity index is 1030. The van der Waals surface area contributed by atoms with Gasteiger partial charge < -0.3 is 9.88 Å². The number of hydrogen-bond donors (Lipinski definition) is 1. The first kappa shape index (κ1) is 20.7. The largest absolute Gasteiger partial charge is 0.325 e. The molecule has 5 nitrogen and oxygen atoms in total. The summed E-state index contributed by atoms with van der Waals surface area (Å²) in [6.07, 6.45) is 4.77. The molecule has 29 heavy (non-hydrogen) atoms. The molecule has 0 spiro atoms. The molecule has 2 heterocycles. The second-order valence-corrected chi connectivity index (χ2v) is 9.58. The zero-order chi connectivity index (χ0) is 20.4. The molecule has 1 N–H and O–H groups in total. The number of nitrogens with one attached hydrogen (secondary N) is 1. The van der Waals surface area contributed by atoms with Crippen LogP contribution in [0.3, 0.4) is 0 Å². The Morgan fingerprint density at radius 3 is 2.72 bits per heavy atom. The Kier molecular flexibility index (Phi) is 6.49. The van der Waals surface area contributed by atoms with Crippen molar-refractivity contribution in [2.75, 3.05) is 11.1 Å². The first-order valence-electron chi connectivity index (χ1n) is 9.46. The van der Waals surface area contributed by atoms with Crippen molar-refractivity contribution in [3.8, 4) is 11.4 Å². The topological polar surface area (TPSA) is 59.8 Å². The molecule has 0 saturated carbocycles. The van der Waals surface area contributed by atoms with E-state index in [-0.39, 0.29) is 11.7 Å². The summed E-state index contributed by atoms with van der Waals surface area (Å²) in [6.45, 7) is 2.82. The number of carbonyl (C=O) groups excluding carboxylic acids is 1. The Labute approximate surface area is 187 Å². The van der Waals surface area contributed by atoms with E-state index in [0.29, 0.717) is 15.7 Å². The minimum Gasteiger partial charge on any atom is -0.325 e. The molecule has 0 saturated heterocycles. The first-order chi connectivity index (χ1) is 14.0. The molecule has 1 aromatic carbocycles. The van der Waals surface area contributed by atoms with Crippen LogP contribution < -0.4 is 5.32 Å². The van der Waals surface area contributed by atoms with Crippen molar-refractivity contribution in [3.63, 3.8) is 0 Å². The van der Waals surface area contributed by atoms with Gasteiger partial charge in [0.1, 0.15) is 0 Å². The van der Waals surface area contributed by atoms with Crippen LogP contribution in [0.25, 0.3) is 11.4 Å². The van der Waals surface area contributed by atoms with E-state index in [1.165, 1.54) is 40.6 Å². The van der Waals surface area contributed by atoms with Gasteiger partial charge in [-0.2, -0.15) is 0 Å². The molecule has 1 aliphatic rings. The maximum absolute atomic E-state index is 12.4. The molecule has 152 valence electrons. The molecule has 0 aliphatic heterocycles. The SMILES string of the molecule is CCn1c(SCC(=O)Nc2cc(Cl)cc(Cl)c2)nnc1-c1csc2c1CCCC2. The monoisotopic (exact) mass is 466 g/mol. The molecule has 9 heteroatoms. The lowest BCUT2D eigenvalue weighted by Crippen LogP contribution is -2.14. The average Bonchev–Trinajstić information content (AvgIpc) is 3.28. The second kappa shape index (κ2) is 9.08. The number of aryl methyl sites for hydroxylation is 1. The Morgan fingerprint density at radius 1 is 1.21 bits per heavy atom. The van der Waals surface area contributed by atoms with Gasteiger partial charge >= 0.3 is 0 Å². The van der Waals surface area contributed by atoms with Crippen molar-refractivity contribution in [2.24, 2.45) is 0 Å². The fourth-order valence-electron chi connectivity index (χ4n) is 3.51. The molecule has 0 unspecified atom stereocenters. The summed E-state index contributed by atoms with van der Waals surface area (Å²) in [5.41, 5.74) is 3.20. The summed E-state index contributed by atoms with van der Waals surface area (Å²) < 4.78 is 2.09. The maximum Gasteiger partial charge on any atom is 0.234 e. The zero-order valence-corrected chi connectivity index (χ0v) is 19.0. The number of amides is 1. The van der Waals surface area contributed by atoms with Crippen LogP contribution >= 0.6 is 46.3 Å². The van der Waals surface area contributed by atoms with Crippen LogP contribution in [0.15, 0.2) is 28.7 Å².